The maximum atomic E-state index is 13.0. The predicted molar refractivity (Wildman–Crippen MR) is 127 cm³/mol. The second kappa shape index (κ2) is 11.7. The van der Waals surface area contributed by atoms with Crippen LogP contribution in [-0.2, 0) is 28.6 Å². The molecule has 0 fully saturated rings. The van der Waals surface area contributed by atoms with Gasteiger partial charge in [-0.05, 0) is 58.7 Å². The van der Waals surface area contributed by atoms with Crippen molar-refractivity contribution in [3.63, 3.8) is 0 Å². The molecule has 8 heteroatoms. The van der Waals surface area contributed by atoms with Gasteiger partial charge in [-0.3, -0.25) is 0 Å². The highest BCUT2D eigenvalue weighted by atomic mass is 16.6. The van der Waals surface area contributed by atoms with Crippen molar-refractivity contribution in [2.75, 3.05) is 19.8 Å². The van der Waals surface area contributed by atoms with E-state index in [9.17, 15) is 19.5 Å². The molecule has 0 bridgehead atoms. The molecule has 0 spiro atoms. The van der Waals surface area contributed by atoms with Gasteiger partial charge in [0.15, 0.2) is 0 Å². The van der Waals surface area contributed by atoms with E-state index in [-0.39, 0.29) is 30.1 Å². The fourth-order valence-corrected chi connectivity index (χ4v) is 3.68. The zero-order valence-corrected chi connectivity index (χ0v) is 20.6. The summed E-state index contributed by atoms with van der Waals surface area (Å²) in [5.41, 5.74) is 1.53. The predicted octanol–water partition coefficient (Wildman–Crippen LogP) is 3.37. The minimum absolute atomic E-state index is 0.108. The summed E-state index contributed by atoms with van der Waals surface area (Å²) in [6.07, 6.45) is 2.87. The van der Waals surface area contributed by atoms with Crippen molar-refractivity contribution in [1.29, 1.82) is 0 Å². The Hall–Kier alpha value is -3.39. The van der Waals surface area contributed by atoms with E-state index in [1.165, 1.54) is 6.08 Å². The molecule has 0 amide bonds. The molecule has 1 aromatic rings. The molecule has 2 N–H and O–H groups in total. The van der Waals surface area contributed by atoms with Gasteiger partial charge in [0.05, 0.1) is 42.6 Å². The molecule has 1 atom stereocenters. The normalized spacial score (nSPS) is 16.4. The van der Waals surface area contributed by atoms with E-state index in [2.05, 4.69) is 5.32 Å². The molecule has 1 aliphatic heterocycles. The molecule has 34 heavy (non-hydrogen) atoms. The number of rotatable bonds is 8. The van der Waals surface area contributed by atoms with Crippen LogP contribution < -0.4 is 5.32 Å². The molecule has 0 saturated heterocycles. The standard InChI is InChI=1S/C26H33NO7/c1-7-32-24(30)21-16(3)27-19(15-28)23(25(31)33-8-2)22(21)18-12-10-9-11-17(18)13-14-20(29)34-26(4,5)6/h9-14,22,27-28H,7-8,15H2,1-6H3/b14-13+. The number of ether oxygens (including phenoxy) is 3. The summed E-state index contributed by atoms with van der Waals surface area (Å²) in [6, 6.07) is 7.06. The van der Waals surface area contributed by atoms with Crippen LogP contribution in [0, 0.1) is 0 Å². The average Bonchev–Trinajstić information content (AvgIpc) is 2.76. The number of carbonyl (C=O) groups is 3. The smallest absolute Gasteiger partial charge is 0.336 e. The van der Waals surface area contributed by atoms with Crippen molar-refractivity contribution in [3.8, 4) is 0 Å². The number of esters is 3. The van der Waals surface area contributed by atoms with Crippen molar-refractivity contribution >= 4 is 24.0 Å². The maximum absolute atomic E-state index is 13.0. The van der Waals surface area contributed by atoms with E-state index in [4.69, 9.17) is 14.2 Å². The zero-order valence-electron chi connectivity index (χ0n) is 20.6. The molecule has 8 nitrogen and oxygen atoms in total. The number of allylic oxidation sites excluding steroid dienone is 1. The van der Waals surface area contributed by atoms with E-state index in [0.29, 0.717) is 16.8 Å². The third-order valence-corrected chi connectivity index (χ3v) is 4.91. The quantitative estimate of drug-likeness (QED) is 0.337. The maximum Gasteiger partial charge on any atom is 0.336 e. The van der Waals surface area contributed by atoms with Gasteiger partial charge in [0.2, 0.25) is 0 Å². The Bertz CT molecular complexity index is 1030. The van der Waals surface area contributed by atoms with E-state index >= 15 is 0 Å². The van der Waals surface area contributed by atoms with Gasteiger partial charge < -0.3 is 24.6 Å². The van der Waals surface area contributed by atoms with Gasteiger partial charge in [-0.2, -0.15) is 0 Å². The summed E-state index contributed by atoms with van der Waals surface area (Å²) in [7, 11) is 0. The van der Waals surface area contributed by atoms with E-state index in [1.807, 2.05) is 0 Å². The summed E-state index contributed by atoms with van der Waals surface area (Å²) >= 11 is 0. The van der Waals surface area contributed by atoms with Crippen molar-refractivity contribution in [3.05, 3.63) is 64.0 Å². The van der Waals surface area contributed by atoms with Crippen molar-refractivity contribution < 1.29 is 33.7 Å². The first-order valence-corrected chi connectivity index (χ1v) is 11.2. The van der Waals surface area contributed by atoms with Crippen LogP contribution in [-0.4, -0.2) is 48.4 Å². The number of hydrogen-bond acceptors (Lipinski definition) is 8. The number of nitrogens with one attached hydrogen (secondary N) is 1. The molecule has 0 saturated carbocycles. The zero-order chi connectivity index (χ0) is 25.5. The Morgan fingerprint density at radius 3 is 2.18 bits per heavy atom. The van der Waals surface area contributed by atoms with Crippen molar-refractivity contribution in [2.45, 2.75) is 53.1 Å². The summed E-state index contributed by atoms with van der Waals surface area (Å²) < 4.78 is 15.9. The average molecular weight is 472 g/mol. The van der Waals surface area contributed by atoms with Crippen LogP contribution in [0.3, 0.4) is 0 Å². The molecule has 2 rings (SSSR count). The van der Waals surface area contributed by atoms with Crippen LogP contribution in [0.5, 0.6) is 0 Å². The number of dihydropyridines is 1. The largest absolute Gasteiger partial charge is 0.463 e. The Morgan fingerprint density at radius 1 is 1.03 bits per heavy atom. The lowest BCUT2D eigenvalue weighted by molar-refractivity contribution is -0.148. The summed E-state index contributed by atoms with van der Waals surface area (Å²) in [5, 5.41) is 13.0. The van der Waals surface area contributed by atoms with Gasteiger partial charge in [0, 0.05) is 11.8 Å². The molecule has 1 heterocycles. The van der Waals surface area contributed by atoms with Crippen LogP contribution in [0.1, 0.15) is 58.6 Å². The van der Waals surface area contributed by atoms with E-state index in [1.54, 1.807) is 71.9 Å². The lowest BCUT2D eigenvalue weighted by atomic mass is 9.78. The second-order valence-corrected chi connectivity index (χ2v) is 8.58. The second-order valence-electron chi connectivity index (χ2n) is 8.58. The molecular formula is C26H33NO7. The number of aliphatic hydroxyl groups is 1. The third kappa shape index (κ3) is 6.57. The highest BCUT2D eigenvalue weighted by Crippen LogP contribution is 2.41. The van der Waals surface area contributed by atoms with Crippen LogP contribution in [0.4, 0.5) is 0 Å². The first-order chi connectivity index (χ1) is 16.0. The molecular weight excluding hydrogens is 438 g/mol. The minimum atomic E-state index is -0.888. The monoisotopic (exact) mass is 471 g/mol. The van der Waals surface area contributed by atoms with Crippen LogP contribution >= 0.6 is 0 Å². The fraction of sp³-hybridized carbons (Fsp3) is 0.423. The summed E-state index contributed by atoms with van der Waals surface area (Å²) in [6.45, 7) is 10.2. The lowest BCUT2D eigenvalue weighted by Crippen LogP contribution is -2.34. The molecule has 0 aromatic heterocycles. The molecule has 184 valence electrons. The van der Waals surface area contributed by atoms with Gasteiger partial charge >= 0.3 is 17.9 Å². The number of carbonyl (C=O) groups excluding carboxylic acids is 3. The first kappa shape index (κ1) is 26.9. The minimum Gasteiger partial charge on any atom is -0.463 e. The number of hydrogen-bond donors (Lipinski definition) is 2. The molecule has 1 aliphatic rings. The van der Waals surface area contributed by atoms with Gasteiger partial charge in [-0.25, -0.2) is 14.4 Å². The highest BCUT2D eigenvalue weighted by Gasteiger charge is 2.39. The van der Waals surface area contributed by atoms with Crippen LogP contribution in [0.15, 0.2) is 52.9 Å². The summed E-state index contributed by atoms with van der Waals surface area (Å²) in [4.78, 5) is 38.3. The number of benzene rings is 1. The van der Waals surface area contributed by atoms with Crippen LogP contribution in [0.25, 0.3) is 6.08 Å². The van der Waals surface area contributed by atoms with Crippen LogP contribution in [0.2, 0.25) is 0 Å². The third-order valence-electron chi connectivity index (χ3n) is 4.91. The van der Waals surface area contributed by atoms with Crippen molar-refractivity contribution in [1.82, 2.24) is 5.32 Å². The first-order valence-electron chi connectivity index (χ1n) is 11.2. The SMILES string of the molecule is CCOC(=O)C1=C(C)NC(CO)=C(C(=O)OCC)C1c1ccccc1/C=C/C(=O)OC(C)(C)C. The van der Waals surface area contributed by atoms with Gasteiger partial charge in [-0.15, -0.1) is 0 Å². The lowest BCUT2D eigenvalue weighted by Gasteiger charge is -2.31. The Balaban J connectivity index is 2.69. The van der Waals surface area contributed by atoms with Gasteiger partial charge in [0.25, 0.3) is 0 Å². The van der Waals surface area contributed by atoms with E-state index < -0.39 is 36.0 Å². The van der Waals surface area contributed by atoms with E-state index in [0.717, 1.165) is 0 Å². The molecule has 1 aromatic carbocycles. The molecule has 0 radical (unpaired) electrons. The fourth-order valence-electron chi connectivity index (χ4n) is 3.68. The summed E-state index contributed by atoms with van der Waals surface area (Å²) in [5.74, 6) is -2.67. The molecule has 1 unspecified atom stereocenters. The topological polar surface area (TPSA) is 111 Å². The Kier molecular flexibility index (Phi) is 9.20. The number of aliphatic hydroxyl groups excluding tert-OH is 1. The van der Waals surface area contributed by atoms with Gasteiger partial charge in [0.1, 0.15) is 5.60 Å². The highest BCUT2D eigenvalue weighted by molar-refractivity contribution is 6.00. The van der Waals surface area contributed by atoms with Crippen molar-refractivity contribution in [2.24, 2.45) is 0 Å². The Labute approximate surface area is 200 Å². The molecule has 0 aliphatic carbocycles. The Morgan fingerprint density at radius 2 is 1.62 bits per heavy atom. The van der Waals surface area contributed by atoms with Gasteiger partial charge in [-0.1, -0.05) is 24.3 Å².